The lowest BCUT2D eigenvalue weighted by molar-refractivity contribution is 0.174. The monoisotopic (exact) mass is 304 g/mol. The van der Waals surface area contributed by atoms with Gasteiger partial charge in [-0.15, -0.1) is 0 Å². The van der Waals surface area contributed by atoms with E-state index in [1.807, 2.05) is 30.3 Å². The molecule has 0 amide bonds. The average molecular weight is 304 g/mol. The summed E-state index contributed by atoms with van der Waals surface area (Å²) in [7, 11) is 0. The number of aromatic nitrogens is 1. The highest BCUT2D eigenvalue weighted by Gasteiger charge is 1.91. The first-order valence-corrected chi connectivity index (χ1v) is 7.56. The Balaban J connectivity index is 0.000000145. The van der Waals surface area contributed by atoms with Gasteiger partial charge < -0.3 is 4.84 Å². The molecular formula is C20H20N2O. The molecule has 2 heterocycles. The molecule has 0 fully saturated rings. The first-order valence-electron chi connectivity index (χ1n) is 7.56. The van der Waals surface area contributed by atoms with E-state index in [1.54, 1.807) is 18.6 Å². The quantitative estimate of drug-likeness (QED) is 0.645. The Morgan fingerprint density at radius 3 is 1.43 bits per heavy atom. The molecule has 1 aromatic heterocycles. The van der Waals surface area contributed by atoms with Gasteiger partial charge in [-0.05, 0) is 23.3 Å². The molecule has 3 heteroatoms. The van der Waals surface area contributed by atoms with Crippen LogP contribution in [0.1, 0.15) is 6.42 Å². The molecule has 3 aromatic rings. The lowest BCUT2D eigenvalue weighted by Crippen LogP contribution is -1.73. The third-order valence-corrected chi connectivity index (χ3v) is 2.93. The fraction of sp³-hybridized carbons (Fsp3) is 0.100. The second kappa shape index (κ2) is 10.7. The topological polar surface area (TPSA) is 34.5 Å². The number of hydrogen-bond donors (Lipinski definition) is 0. The van der Waals surface area contributed by atoms with E-state index >= 15 is 0 Å². The summed E-state index contributed by atoms with van der Waals surface area (Å²) in [5, 5.41) is 3.46. The highest BCUT2D eigenvalue weighted by Crippen LogP contribution is 2.17. The van der Waals surface area contributed by atoms with Crippen molar-refractivity contribution in [2.24, 2.45) is 5.16 Å². The SMILES string of the molecule is C1=NOCC1.c1ccc(-c2ccccc2)cc1.c1ccncc1. The Morgan fingerprint density at radius 1 is 0.652 bits per heavy atom. The van der Waals surface area contributed by atoms with Crippen LogP contribution < -0.4 is 0 Å². The normalized spacial score (nSPS) is 11.3. The van der Waals surface area contributed by atoms with Gasteiger partial charge in [0.15, 0.2) is 0 Å². The van der Waals surface area contributed by atoms with Crippen molar-refractivity contribution in [3.05, 3.63) is 91.3 Å². The van der Waals surface area contributed by atoms with Crippen molar-refractivity contribution in [2.75, 3.05) is 6.61 Å². The summed E-state index contributed by atoms with van der Waals surface area (Å²) in [6, 6.07) is 26.5. The minimum atomic E-state index is 0.778. The van der Waals surface area contributed by atoms with Crippen LogP contribution >= 0.6 is 0 Å². The molecule has 2 aromatic carbocycles. The molecular weight excluding hydrogens is 284 g/mol. The Kier molecular flexibility index (Phi) is 7.67. The van der Waals surface area contributed by atoms with Gasteiger partial charge in [0, 0.05) is 25.0 Å². The highest BCUT2D eigenvalue weighted by molar-refractivity contribution is 5.62. The molecule has 0 radical (unpaired) electrons. The first-order chi connectivity index (χ1) is 11.5. The molecule has 3 nitrogen and oxygen atoms in total. The van der Waals surface area contributed by atoms with Gasteiger partial charge in [0.2, 0.25) is 0 Å². The molecule has 1 aliphatic heterocycles. The standard InChI is InChI=1S/C12H10.C5H5N.C3H5NO/c1-3-7-11(8-4-1)12-9-5-2-6-10-12;1-2-4-6-5-3-1;1-2-4-5-3-1/h1-10H;1-5H;2H,1,3H2. The maximum absolute atomic E-state index is 4.51. The minimum absolute atomic E-state index is 0.778. The fourth-order valence-corrected chi connectivity index (χ4v) is 1.84. The molecule has 0 bridgehead atoms. The molecule has 23 heavy (non-hydrogen) atoms. The summed E-state index contributed by atoms with van der Waals surface area (Å²) in [6.07, 6.45) is 6.25. The molecule has 0 saturated carbocycles. The Labute approximate surface area is 137 Å². The van der Waals surface area contributed by atoms with Crippen molar-refractivity contribution in [3.8, 4) is 11.1 Å². The van der Waals surface area contributed by atoms with Crippen LogP contribution in [0.4, 0.5) is 0 Å². The summed E-state index contributed by atoms with van der Waals surface area (Å²) in [4.78, 5) is 8.30. The minimum Gasteiger partial charge on any atom is -0.396 e. The lowest BCUT2D eigenvalue weighted by atomic mass is 10.1. The van der Waals surface area contributed by atoms with Crippen molar-refractivity contribution in [2.45, 2.75) is 6.42 Å². The van der Waals surface area contributed by atoms with Gasteiger partial charge in [0.05, 0.1) is 0 Å². The number of pyridine rings is 1. The maximum Gasteiger partial charge on any atom is 0.122 e. The van der Waals surface area contributed by atoms with Crippen LogP contribution in [0, 0.1) is 0 Å². The van der Waals surface area contributed by atoms with Crippen LogP contribution in [-0.2, 0) is 4.84 Å². The van der Waals surface area contributed by atoms with E-state index in [1.165, 1.54) is 11.1 Å². The second-order valence-corrected chi connectivity index (χ2v) is 4.67. The van der Waals surface area contributed by atoms with E-state index in [4.69, 9.17) is 0 Å². The molecule has 0 spiro atoms. The van der Waals surface area contributed by atoms with Gasteiger partial charge in [-0.1, -0.05) is 71.9 Å². The molecule has 4 rings (SSSR count). The largest absolute Gasteiger partial charge is 0.396 e. The van der Waals surface area contributed by atoms with Gasteiger partial charge in [-0.3, -0.25) is 4.98 Å². The molecule has 0 atom stereocenters. The Hall–Kier alpha value is -2.94. The summed E-state index contributed by atoms with van der Waals surface area (Å²) in [5.41, 5.74) is 2.55. The van der Waals surface area contributed by atoms with Crippen LogP contribution in [0.25, 0.3) is 11.1 Å². The van der Waals surface area contributed by atoms with Gasteiger partial charge in [0.1, 0.15) is 6.61 Å². The van der Waals surface area contributed by atoms with Crippen molar-refractivity contribution >= 4 is 6.21 Å². The van der Waals surface area contributed by atoms with E-state index in [9.17, 15) is 0 Å². The molecule has 0 N–H and O–H groups in total. The number of nitrogens with zero attached hydrogens (tertiary/aromatic N) is 2. The van der Waals surface area contributed by atoms with Crippen LogP contribution in [0.15, 0.2) is 96.4 Å². The first kappa shape index (κ1) is 16.4. The summed E-state index contributed by atoms with van der Waals surface area (Å²) in [6.45, 7) is 0.778. The predicted molar refractivity (Wildman–Crippen MR) is 95.2 cm³/mol. The van der Waals surface area contributed by atoms with E-state index in [-0.39, 0.29) is 0 Å². The van der Waals surface area contributed by atoms with Gasteiger partial charge >= 0.3 is 0 Å². The van der Waals surface area contributed by atoms with Crippen LogP contribution in [-0.4, -0.2) is 17.8 Å². The van der Waals surface area contributed by atoms with Crippen molar-refractivity contribution < 1.29 is 4.84 Å². The zero-order valence-corrected chi connectivity index (χ0v) is 13.0. The van der Waals surface area contributed by atoms with Gasteiger partial charge in [-0.2, -0.15) is 0 Å². The lowest BCUT2D eigenvalue weighted by Gasteiger charge is -1.98. The molecule has 0 unspecified atom stereocenters. The van der Waals surface area contributed by atoms with E-state index in [0.717, 1.165) is 13.0 Å². The average Bonchev–Trinajstić information content (AvgIpc) is 3.25. The van der Waals surface area contributed by atoms with E-state index < -0.39 is 0 Å². The van der Waals surface area contributed by atoms with Gasteiger partial charge in [-0.25, -0.2) is 0 Å². The smallest absolute Gasteiger partial charge is 0.122 e. The molecule has 0 aliphatic carbocycles. The van der Waals surface area contributed by atoms with Crippen molar-refractivity contribution in [1.82, 2.24) is 4.98 Å². The summed E-state index contributed by atoms with van der Waals surface area (Å²) < 4.78 is 0. The number of benzene rings is 2. The second-order valence-electron chi connectivity index (χ2n) is 4.67. The number of rotatable bonds is 1. The third kappa shape index (κ3) is 7.05. The predicted octanol–water partition coefficient (Wildman–Crippen LogP) is 4.83. The summed E-state index contributed by atoms with van der Waals surface area (Å²) in [5.74, 6) is 0. The van der Waals surface area contributed by atoms with Crippen molar-refractivity contribution in [3.63, 3.8) is 0 Å². The Morgan fingerprint density at radius 2 is 1.17 bits per heavy atom. The number of hydrogen-bond acceptors (Lipinski definition) is 3. The molecule has 116 valence electrons. The zero-order valence-electron chi connectivity index (χ0n) is 13.0. The molecule has 0 saturated heterocycles. The van der Waals surface area contributed by atoms with Gasteiger partial charge in [0.25, 0.3) is 0 Å². The summed E-state index contributed by atoms with van der Waals surface area (Å²) >= 11 is 0. The zero-order chi connectivity index (χ0) is 16.0. The third-order valence-electron chi connectivity index (χ3n) is 2.93. The van der Waals surface area contributed by atoms with E-state index in [0.29, 0.717) is 0 Å². The van der Waals surface area contributed by atoms with E-state index in [2.05, 4.69) is 63.5 Å². The Bertz CT molecular complexity index is 585. The number of oxime groups is 1. The van der Waals surface area contributed by atoms with Crippen LogP contribution in [0.3, 0.4) is 0 Å². The molecule has 1 aliphatic rings. The fourth-order valence-electron chi connectivity index (χ4n) is 1.84. The van der Waals surface area contributed by atoms with Crippen LogP contribution in [0.5, 0.6) is 0 Å². The van der Waals surface area contributed by atoms with Crippen molar-refractivity contribution in [1.29, 1.82) is 0 Å². The highest BCUT2D eigenvalue weighted by atomic mass is 16.6. The van der Waals surface area contributed by atoms with Crippen LogP contribution in [0.2, 0.25) is 0 Å². The maximum atomic E-state index is 4.51.